The van der Waals surface area contributed by atoms with Crippen LogP contribution in [-0.4, -0.2) is 46.2 Å². The van der Waals surface area contributed by atoms with Crippen molar-refractivity contribution >= 4 is 5.91 Å². The van der Waals surface area contributed by atoms with Crippen LogP contribution in [0, 0.1) is 24.1 Å². The Morgan fingerprint density at radius 2 is 1.94 bits per heavy atom. The van der Waals surface area contributed by atoms with Gasteiger partial charge in [0.25, 0.3) is 5.91 Å². The topological polar surface area (TPSA) is 95.3 Å². The minimum atomic E-state index is -0.616. The number of nitrogens with zero attached hydrogens (tertiary/aromatic N) is 3. The highest BCUT2D eigenvalue weighted by molar-refractivity contribution is 5.98. The zero-order valence-corrected chi connectivity index (χ0v) is 18.6. The van der Waals surface area contributed by atoms with Crippen molar-refractivity contribution in [3.05, 3.63) is 71.2 Å². The third-order valence-corrected chi connectivity index (χ3v) is 6.11. The summed E-state index contributed by atoms with van der Waals surface area (Å²) in [6.45, 7) is 3.14. The molecular weight excluding hydrogens is 419 g/mol. The zero-order chi connectivity index (χ0) is 23.5. The number of carbonyl (C=O) groups excluding carboxylic acids is 1. The SMILES string of the molecule is Cc1ccc(-c2c(-c3ccc(C#N)c(F)c3)cc(C(=O)N3CCC[C@@H](N)C3)n2CCO)cc1. The first-order valence-corrected chi connectivity index (χ1v) is 11.1. The van der Waals surface area contributed by atoms with Gasteiger partial charge in [-0.1, -0.05) is 35.9 Å². The molecule has 0 bridgehead atoms. The van der Waals surface area contributed by atoms with Crippen LogP contribution in [-0.2, 0) is 6.54 Å². The Morgan fingerprint density at radius 3 is 2.58 bits per heavy atom. The zero-order valence-electron chi connectivity index (χ0n) is 18.6. The fourth-order valence-corrected chi connectivity index (χ4v) is 4.43. The first kappa shape index (κ1) is 22.7. The van der Waals surface area contributed by atoms with E-state index in [1.165, 1.54) is 12.1 Å². The first-order chi connectivity index (χ1) is 15.9. The lowest BCUT2D eigenvalue weighted by Crippen LogP contribution is -2.46. The number of aliphatic hydroxyl groups is 1. The van der Waals surface area contributed by atoms with E-state index in [9.17, 15) is 14.3 Å². The molecule has 1 aromatic heterocycles. The summed E-state index contributed by atoms with van der Waals surface area (Å²) in [6.07, 6.45) is 1.72. The average molecular weight is 447 g/mol. The van der Waals surface area contributed by atoms with Gasteiger partial charge in [0.1, 0.15) is 17.6 Å². The molecule has 0 saturated carbocycles. The maximum Gasteiger partial charge on any atom is 0.270 e. The molecule has 3 aromatic rings. The smallest absolute Gasteiger partial charge is 0.270 e. The summed E-state index contributed by atoms with van der Waals surface area (Å²) >= 11 is 0. The molecule has 1 aliphatic heterocycles. The Morgan fingerprint density at radius 1 is 1.21 bits per heavy atom. The van der Waals surface area contributed by atoms with Gasteiger partial charge in [-0.2, -0.15) is 5.26 Å². The number of benzene rings is 2. The van der Waals surface area contributed by atoms with Crippen LogP contribution >= 0.6 is 0 Å². The summed E-state index contributed by atoms with van der Waals surface area (Å²) in [4.78, 5) is 15.3. The maximum absolute atomic E-state index is 14.5. The summed E-state index contributed by atoms with van der Waals surface area (Å²) < 4.78 is 16.3. The first-order valence-electron chi connectivity index (χ1n) is 11.1. The molecule has 2 heterocycles. The predicted octanol–water partition coefficient (Wildman–Crippen LogP) is 3.70. The molecule has 2 aromatic carbocycles. The number of nitrogens with two attached hydrogens (primary N) is 1. The van der Waals surface area contributed by atoms with Gasteiger partial charge < -0.3 is 20.3 Å². The third-order valence-electron chi connectivity index (χ3n) is 6.11. The van der Waals surface area contributed by atoms with Crippen molar-refractivity contribution in [3.63, 3.8) is 0 Å². The number of carbonyl (C=O) groups is 1. The standard InChI is InChI=1S/C26H27FN4O2/c1-17-4-6-18(7-5-17)25-22(19-8-9-20(15-28)23(27)13-19)14-24(31(25)11-12-32)26(33)30-10-2-3-21(29)16-30/h4-9,13-14,21,32H,2-3,10-12,16,29H2,1H3/t21-/m1/s1. The largest absolute Gasteiger partial charge is 0.395 e. The summed E-state index contributed by atoms with van der Waals surface area (Å²) in [5.41, 5.74) is 10.4. The molecule has 7 heteroatoms. The molecule has 0 radical (unpaired) electrons. The molecule has 4 rings (SSSR count). The van der Waals surface area contributed by atoms with Crippen LogP contribution in [0.15, 0.2) is 48.5 Å². The number of rotatable bonds is 5. The molecule has 3 N–H and O–H groups in total. The molecule has 1 atom stereocenters. The van der Waals surface area contributed by atoms with Crippen molar-refractivity contribution in [2.45, 2.75) is 32.4 Å². The number of aryl methyl sites for hydroxylation is 1. The lowest BCUT2D eigenvalue weighted by molar-refractivity contribution is 0.0697. The molecular formula is C26H27FN4O2. The molecule has 1 fully saturated rings. The second-order valence-corrected chi connectivity index (χ2v) is 8.49. The van der Waals surface area contributed by atoms with Gasteiger partial charge in [-0.15, -0.1) is 0 Å². The van der Waals surface area contributed by atoms with Crippen LogP contribution in [0.1, 0.15) is 34.5 Å². The highest BCUT2D eigenvalue weighted by atomic mass is 19.1. The Kier molecular flexibility index (Phi) is 6.59. The summed E-state index contributed by atoms with van der Waals surface area (Å²) in [5, 5.41) is 18.9. The van der Waals surface area contributed by atoms with Gasteiger partial charge in [-0.3, -0.25) is 4.79 Å². The van der Waals surface area contributed by atoms with Crippen molar-refractivity contribution in [1.82, 2.24) is 9.47 Å². The van der Waals surface area contributed by atoms with Crippen molar-refractivity contribution in [3.8, 4) is 28.5 Å². The number of aliphatic hydroxyl groups excluding tert-OH is 1. The van der Waals surface area contributed by atoms with Gasteiger partial charge >= 0.3 is 0 Å². The van der Waals surface area contributed by atoms with E-state index < -0.39 is 5.82 Å². The molecule has 0 aliphatic carbocycles. The molecule has 1 saturated heterocycles. The molecule has 6 nitrogen and oxygen atoms in total. The summed E-state index contributed by atoms with van der Waals surface area (Å²) in [7, 11) is 0. The van der Waals surface area contributed by atoms with Crippen molar-refractivity contribution in [2.75, 3.05) is 19.7 Å². The maximum atomic E-state index is 14.5. The summed E-state index contributed by atoms with van der Waals surface area (Å²) in [6, 6.07) is 15.8. The number of amides is 1. The van der Waals surface area contributed by atoms with Gasteiger partial charge in [0, 0.05) is 31.2 Å². The Hall–Kier alpha value is -3.47. The number of halogens is 1. The van der Waals surface area contributed by atoms with Gasteiger partial charge in [-0.05, 0) is 49.1 Å². The van der Waals surface area contributed by atoms with Crippen molar-refractivity contribution < 1.29 is 14.3 Å². The molecule has 1 aliphatic rings. The van der Waals surface area contributed by atoms with Crippen molar-refractivity contribution in [2.24, 2.45) is 5.73 Å². The quantitative estimate of drug-likeness (QED) is 0.625. The van der Waals surface area contributed by atoms with E-state index in [1.54, 1.807) is 21.6 Å². The van der Waals surface area contributed by atoms with Crippen molar-refractivity contribution in [1.29, 1.82) is 5.26 Å². The number of nitriles is 1. The molecule has 1 amide bonds. The van der Waals surface area contributed by atoms with E-state index >= 15 is 0 Å². The van der Waals surface area contributed by atoms with Gasteiger partial charge in [0.2, 0.25) is 0 Å². The van der Waals surface area contributed by atoms with E-state index in [-0.39, 0.29) is 30.7 Å². The lowest BCUT2D eigenvalue weighted by atomic mass is 9.99. The fourth-order valence-electron chi connectivity index (χ4n) is 4.43. The van der Waals surface area contributed by atoms with Crippen LogP contribution in [0.25, 0.3) is 22.4 Å². The molecule has 0 unspecified atom stereocenters. The highest BCUT2D eigenvalue weighted by Crippen LogP contribution is 2.37. The molecule has 170 valence electrons. The van der Waals surface area contributed by atoms with E-state index in [0.717, 1.165) is 29.7 Å². The normalized spacial score (nSPS) is 16.0. The number of hydrogen-bond acceptors (Lipinski definition) is 4. The van der Waals surface area contributed by atoms with E-state index in [0.29, 0.717) is 29.9 Å². The van der Waals surface area contributed by atoms with Gasteiger partial charge in [0.15, 0.2) is 0 Å². The van der Waals surface area contributed by atoms with Crippen LogP contribution in [0.4, 0.5) is 4.39 Å². The Labute approximate surface area is 192 Å². The van der Waals surface area contributed by atoms with E-state index in [1.807, 2.05) is 37.3 Å². The van der Waals surface area contributed by atoms with Gasteiger partial charge in [-0.25, -0.2) is 4.39 Å². The number of likely N-dealkylation sites (tertiary alicyclic amines) is 1. The predicted molar refractivity (Wildman–Crippen MR) is 125 cm³/mol. The number of hydrogen-bond donors (Lipinski definition) is 2. The monoisotopic (exact) mass is 446 g/mol. The van der Waals surface area contributed by atoms with Gasteiger partial charge in [0.05, 0.1) is 17.9 Å². The van der Waals surface area contributed by atoms with Crippen LogP contribution < -0.4 is 5.73 Å². The lowest BCUT2D eigenvalue weighted by Gasteiger charge is -2.31. The molecule has 0 spiro atoms. The fraction of sp³-hybridized carbons (Fsp3) is 0.308. The minimum Gasteiger partial charge on any atom is -0.395 e. The average Bonchev–Trinajstić information content (AvgIpc) is 3.18. The molecule has 33 heavy (non-hydrogen) atoms. The number of aromatic nitrogens is 1. The summed E-state index contributed by atoms with van der Waals surface area (Å²) in [5.74, 6) is -0.776. The second kappa shape index (κ2) is 9.57. The van der Waals surface area contributed by atoms with E-state index in [4.69, 9.17) is 11.0 Å². The Balaban J connectivity index is 1.91. The van der Waals surface area contributed by atoms with Crippen LogP contribution in [0.5, 0.6) is 0 Å². The van der Waals surface area contributed by atoms with Crippen LogP contribution in [0.3, 0.4) is 0 Å². The second-order valence-electron chi connectivity index (χ2n) is 8.49. The third kappa shape index (κ3) is 4.54. The highest BCUT2D eigenvalue weighted by Gasteiger charge is 2.28. The number of piperidine rings is 1. The van der Waals surface area contributed by atoms with E-state index in [2.05, 4.69) is 0 Å². The van der Waals surface area contributed by atoms with Crippen LogP contribution in [0.2, 0.25) is 0 Å². The minimum absolute atomic E-state index is 0.0379. The Bertz CT molecular complexity index is 1210.